The summed E-state index contributed by atoms with van der Waals surface area (Å²) in [7, 11) is -2.62. The fraction of sp³-hybridized carbons (Fsp3) is 0.259. The number of urea groups is 1. The largest absolute Gasteiger partial charge is 0.326 e. The van der Waals surface area contributed by atoms with Crippen molar-refractivity contribution in [2.75, 3.05) is 31.0 Å². The second kappa shape index (κ2) is 11.0. The van der Waals surface area contributed by atoms with Gasteiger partial charge in [-0.25, -0.2) is 22.5 Å². The van der Waals surface area contributed by atoms with Gasteiger partial charge in [-0.05, 0) is 48.4 Å². The van der Waals surface area contributed by atoms with E-state index in [0.717, 1.165) is 9.21 Å². The first-order valence-electron chi connectivity index (χ1n) is 12.3. The van der Waals surface area contributed by atoms with Crippen molar-refractivity contribution in [3.8, 4) is 0 Å². The van der Waals surface area contributed by atoms with Crippen LogP contribution >= 0.6 is 34.8 Å². The highest BCUT2D eigenvalue weighted by Gasteiger charge is 2.40. The molecule has 0 unspecified atom stereocenters. The lowest BCUT2D eigenvalue weighted by atomic mass is 9.95. The van der Waals surface area contributed by atoms with Gasteiger partial charge in [0.1, 0.15) is 12.4 Å². The van der Waals surface area contributed by atoms with E-state index >= 15 is 0 Å². The van der Waals surface area contributed by atoms with Gasteiger partial charge in [-0.2, -0.15) is 0 Å². The Kier molecular flexibility index (Phi) is 7.80. The Labute approximate surface area is 246 Å². The molecule has 3 aromatic rings. The van der Waals surface area contributed by atoms with E-state index in [1.807, 2.05) is 0 Å². The van der Waals surface area contributed by atoms with Crippen LogP contribution in [0.25, 0.3) is 0 Å². The van der Waals surface area contributed by atoms with Crippen LogP contribution in [0.4, 0.5) is 10.6 Å². The van der Waals surface area contributed by atoms with E-state index in [9.17, 15) is 22.8 Å². The summed E-state index contributed by atoms with van der Waals surface area (Å²) in [6.45, 7) is -0.0152. The van der Waals surface area contributed by atoms with Crippen molar-refractivity contribution in [1.29, 1.82) is 0 Å². The number of nitrogens with zero attached hydrogens (tertiary/aromatic N) is 4. The number of pyridine rings is 1. The summed E-state index contributed by atoms with van der Waals surface area (Å²) in [6.07, 6.45) is 0.212. The van der Waals surface area contributed by atoms with Crippen molar-refractivity contribution in [3.05, 3.63) is 86.5 Å². The van der Waals surface area contributed by atoms with Gasteiger partial charge in [0.05, 0.1) is 32.6 Å². The lowest BCUT2D eigenvalue weighted by Crippen LogP contribution is -2.46. The number of hydrogen-bond acceptors (Lipinski definition) is 6. The number of amides is 3. The Balaban J connectivity index is 1.51. The zero-order valence-electron chi connectivity index (χ0n) is 21.2. The fourth-order valence-corrected chi connectivity index (χ4v) is 7.34. The van der Waals surface area contributed by atoms with Crippen LogP contribution in [0.2, 0.25) is 15.1 Å². The number of imide groups is 1. The van der Waals surface area contributed by atoms with Crippen LogP contribution in [0.1, 0.15) is 21.6 Å². The maximum Gasteiger partial charge on any atom is 0.326 e. The molecule has 3 heterocycles. The molecule has 3 amide bonds. The number of ketones is 1. The maximum atomic E-state index is 13.9. The second-order valence-electron chi connectivity index (χ2n) is 9.69. The first-order valence-corrected chi connectivity index (χ1v) is 14.8. The van der Waals surface area contributed by atoms with Crippen molar-refractivity contribution >= 4 is 68.4 Å². The molecule has 1 saturated heterocycles. The highest BCUT2D eigenvalue weighted by Crippen LogP contribution is 2.35. The average molecular weight is 622 g/mol. The van der Waals surface area contributed by atoms with Crippen molar-refractivity contribution in [3.63, 3.8) is 0 Å². The van der Waals surface area contributed by atoms with Crippen molar-refractivity contribution in [2.45, 2.75) is 17.7 Å². The maximum absolute atomic E-state index is 13.9. The number of rotatable bonds is 7. The van der Waals surface area contributed by atoms with E-state index in [2.05, 4.69) is 4.98 Å². The lowest BCUT2D eigenvalue weighted by molar-refractivity contribution is -0.125. The van der Waals surface area contributed by atoms with Crippen molar-refractivity contribution < 1.29 is 22.8 Å². The third-order valence-corrected chi connectivity index (χ3v) is 9.44. The van der Waals surface area contributed by atoms with Gasteiger partial charge < -0.3 is 4.90 Å². The highest BCUT2D eigenvalue weighted by molar-refractivity contribution is 7.92. The Morgan fingerprint density at radius 3 is 2.38 bits per heavy atom. The topological polar surface area (TPSA) is 108 Å². The zero-order valence-corrected chi connectivity index (χ0v) is 24.3. The standard InChI is InChI=1S/C27H23Cl3N4O5S/c1-32-15-24(36)33(27(32)37)13-16-10-17-8-9-19(12-23(35)25-21(29)6-3-7-22(25)30)31-26(17)34(14-16)40(38,39)20-5-2-4-18(28)11-20/h2-9,11,16H,10,12-15H2,1H3/t16-/m0/s1. The first kappa shape index (κ1) is 28.4. The molecule has 9 nitrogen and oxygen atoms in total. The summed E-state index contributed by atoms with van der Waals surface area (Å²) in [6, 6.07) is 13.6. The zero-order chi connectivity index (χ0) is 28.8. The number of fused-ring (bicyclic) bond motifs is 1. The van der Waals surface area contributed by atoms with Crippen molar-refractivity contribution in [2.24, 2.45) is 5.92 Å². The van der Waals surface area contributed by atoms with Gasteiger partial charge in [-0.1, -0.05) is 53.0 Å². The molecule has 40 heavy (non-hydrogen) atoms. The van der Waals surface area contributed by atoms with Gasteiger partial charge in [0, 0.05) is 31.1 Å². The van der Waals surface area contributed by atoms with Gasteiger partial charge in [0.25, 0.3) is 10.0 Å². The Morgan fingerprint density at radius 2 is 1.73 bits per heavy atom. The molecular weight excluding hydrogens is 599 g/mol. The number of hydrogen-bond donors (Lipinski definition) is 0. The summed E-state index contributed by atoms with van der Waals surface area (Å²) in [5.74, 6) is -0.927. The number of likely N-dealkylation sites (N-methyl/N-ethyl adjacent to an activating group) is 1. The molecule has 208 valence electrons. The summed E-state index contributed by atoms with van der Waals surface area (Å²) >= 11 is 18.5. The lowest BCUT2D eigenvalue weighted by Gasteiger charge is -2.35. The van der Waals surface area contributed by atoms with E-state index in [4.69, 9.17) is 34.8 Å². The number of aromatic nitrogens is 1. The normalized spacial score (nSPS) is 17.4. The van der Waals surface area contributed by atoms with Gasteiger partial charge in [-0.15, -0.1) is 0 Å². The third kappa shape index (κ3) is 5.41. The number of anilines is 1. The summed E-state index contributed by atoms with van der Waals surface area (Å²) in [4.78, 5) is 45.0. The molecule has 2 aliphatic heterocycles. The smallest absolute Gasteiger partial charge is 0.318 e. The predicted octanol–water partition coefficient (Wildman–Crippen LogP) is 4.73. The molecule has 1 atom stereocenters. The molecule has 1 aromatic heterocycles. The van der Waals surface area contributed by atoms with E-state index < -0.39 is 22.0 Å². The van der Waals surface area contributed by atoms with Gasteiger partial charge in [0.15, 0.2) is 5.78 Å². The average Bonchev–Trinajstić information content (AvgIpc) is 3.14. The predicted molar refractivity (Wildman–Crippen MR) is 152 cm³/mol. The minimum atomic E-state index is -4.15. The monoisotopic (exact) mass is 620 g/mol. The molecule has 2 aromatic carbocycles. The minimum Gasteiger partial charge on any atom is -0.318 e. The number of sulfonamides is 1. The molecular formula is C27H23Cl3N4O5S. The molecule has 0 spiro atoms. The van der Waals surface area contributed by atoms with Crippen LogP contribution in [0, 0.1) is 5.92 Å². The minimum absolute atomic E-state index is 0.0267. The SMILES string of the molecule is CN1CC(=O)N(C[C@@H]2Cc3ccc(CC(=O)c4c(Cl)cccc4Cl)nc3N(S(=O)(=O)c3cccc(Cl)c3)C2)C1=O. The third-order valence-electron chi connectivity index (χ3n) is 6.82. The van der Waals surface area contributed by atoms with E-state index in [0.29, 0.717) is 17.7 Å². The van der Waals surface area contributed by atoms with Crippen molar-refractivity contribution in [1.82, 2.24) is 14.8 Å². The number of Topliss-reactive ketones (excluding diaryl/α,β-unsaturated/α-hetero) is 1. The highest BCUT2D eigenvalue weighted by atomic mass is 35.5. The van der Waals surface area contributed by atoms with E-state index in [1.54, 1.807) is 36.4 Å². The Bertz CT molecular complexity index is 1630. The number of halogens is 3. The number of carbonyl (C=O) groups is 3. The second-order valence-corrected chi connectivity index (χ2v) is 12.8. The van der Waals surface area contributed by atoms with Gasteiger partial charge >= 0.3 is 6.03 Å². The summed E-state index contributed by atoms with van der Waals surface area (Å²) in [5, 5.41) is 0.662. The molecule has 1 fully saturated rings. The van der Waals surface area contributed by atoms with Crippen LogP contribution in [-0.2, 0) is 27.7 Å². The molecule has 0 aliphatic carbocycles. The molecule has 0 bridgehead atoms. The number of carbonyl (C=O) groups excluding carboxylic acids is 3. The van der Waals surface area contributed by atoms with Gasteiger partial charge in [-0.3, -0.25) is 14.5 Å². The van der Waals surface area contributed by atoms with Gasteiger partial charge in [0.2, 0.25) is 5.91 Å². The Hall–Kier alpha value is -3.18. The number of benzene rings is 2. The molecule has 0 radical (unpaired) electrons. The summed E-state index contributed by atoms with van der Waals surface area (Å²) < 4.78 is 28.9. The summed E-state index contributed by atoms with van der Waals surface area (Å²) in [5.41, 5.74) is 1.09. The van der Waals surface area contributed by atoms with Crippen LogP contribution in [-0.4, -0.2) is 67.6 Å². The fourth-order valence-electron chi connectivity index (χ4n) is 4.90. The molecule has 0 saturated carbocycles. The quantitative estimate of drug-likeness (QED) is 0.279. The van der Waals surface area contributed by atoms with Crippen LogP contribution in [0.5, 0.6) is 0 Å². The Morgan fingerprint density at radius 1 is 1.02 bits per heavy atom. The van der Waals surface area contributed by atoms with E-state index in [-0.39, 0.29) is 69.1 Å². The van der Waals surface area contributed by atoms with Crippen LogP contribution in [0.3, 0.4) is 0 Å². The molecule has 5 rings (SSSR count). The molecule has 0 N–H and O–H groups in total. The van der Waals surface area contributed by atoms with Crippen LogP contribution in [0.15, 0.2) is 59.5 Å². The van der Waals surface area contributed by atoms with E-state index in [1.165, 1.54) is 30.1 Å². The first-order chi connectivity index (χ1) is 19.0. The van der Waals surface area contributed by atoms with Crippen LogP contribution < -0.4 is 4.31 Å². The molecule has 13 heteroatoms. The molecule has 2 aliphatic rings.